The maximum absolute atomic E-state index is 4.62. The molecule has 0 unspecified atom stereocenters. The molecule has 1 nitrogen and oxygen atoms in total. The summed E-state index contributed by atoms with van der Waals surface area (Å²) in [7, 11) is 1.62. The van der Waals surface area contributed by atoms with Crippen molar-refractivity contribution in [2.45, 2.75) is 32.6 Å². The molecular weight excluding hydrogens is 112 g/mol. The minimum absolute atomic E-state index is 1.10. The minimum Gasteiger partial charge on any atom is -0.493 e. The summed E-state index contributed by atoms with van der Waals surface area (Å²) in [5, 5.41) is 0. The monoisotopic (exact) mass is 127 g/mol. The quantitative estimate of drug-likeness (QED) is 0.407. The lowest BCUT2D eigenvalue weighted by Crippen LogP contribution is -1.71. The lowest BCUT2D eigenvalue weighted by molar-refractivity contribution is 0.311. The van der Waals surface area contributed by atoms with Crippen LogP contribution in [-0.2, 0) is 4.74 Å². The molecule has 0 amide bonds. The van der Waals surface area contributed by atoms with E-state index in [-0.39, 0.29) is 0 Å². The largest absolute Gasteiger partial charge is 0.493 e. The van der Waals surface area contributed by atoms with Gasteiger partial charge in [0.25, 0.3) is 0 Å². The lowest BCUT2D eigenvalue weighted by Gasteiger charge is -1.89. The lowest BCUT2D eigenvalue weighted by atomic mass is 10.2. The highest BCUT2D eigenvalue weighted by atomic mass is 16.5. The van der Waals surface area contributed by atoms with Gasteiger partial charge in [-0.2, -0.15) is 0 Å². The van der Waals surface area contributed by atoms with E-state index >= 15 is 0 Å². The molecule has 0 fully saturated rings. The predicted octanol–water partition coefficient (Wildman–Crippen LogP) is 2.53. The molecule has 1 radical (unpaired) electrons. The zero-order valence-corrected chi connectivity index (χ0v) is 6.31. The molecule has 9 heavy (non-hydrogen) atoms. The number of ether oxygens (including phenoxy) is 1. The molecule has 0 saturated heterocycles. The van der Waals surface area contributed by atoms with E-state index in [0.29, 0.717) is 0 Å². The molecule has 0 aromatic heterocycles. The molecule has 0 heterocycles. The van der Waals surface area contributed by atoms with Gasteiger partial charge in [0.05, 0.1) is 7.11 Å². The van der Waals surface area contributed by atoms with Crippen molar-refractivity contribution in [2.24, 2.45) is 0 Å². The van der Waals surface area contributed by atoms with Gasteiger partial charge in [-0.05, 0) is 18.9 Å². The first-order valence-corrected chi connectivity index (χ1v) is 3.52. The van der Waals surface area contributed by atoms with Crippen molar-refractivity contribution >= 4 is 0 Å². The summed E-state index contributed by atoms with van der Waals surface area (Å²) >= 11 is 0. The standard InChI is InChI=1S/C8H15O/c1-3-4-5-6-7-8-9-2/h7H,3-6H2,1-2H3. The summed E-state index contributed by atoms with van der Waals surface area (Å²) in [6, 6.07) is 0. The number of hydrogen-bond donors (Lipinski definition) is 0. The number of unbranched alkanes of at least 4 members (excludes halogenated alkanes) is 3. The molecular formula is C8H15O. The van der Waals surface area contributed by atoms with Crippen LogP contribution in [0.5, 0.6) is 0 Å². The van der Waals surface area contributed by atoms with Gasteiger partial charge in [0.15, 0.2) is 6.26 Å². The van der Waals surface area contributed by atoms with Crippen LogP contribution >= 0.6 is 0 Å². The van der Waals surface area contributed by atoms with Crippen LogP contribution in [0.25, 0.3) is 0 Å². The number of allylic oxidation sites excluding steroid dienone is 1. The van der Waals surface area contributed by atoms with Gasteiger partial charge in [-0.25, -0.2) is 0 Å². The van der Waals surface area contributed by atoms with E-state index in [2.05, 4.69) is 17.9 Å². The Morgan fingerprint density at radius 2 is 2.22 bits per heavy atom. The molecule has 0 N–H and O–H groups in total. The highest BCUT2D eigenvalue weighted by Crippen LogP contribution is 1.98. The van der Waals surface area contributed by atoms with Gasteiger partial charge in [-0.15, -0.1) is 0 Å². The molecule has 0 spiro atoms. The fourth-order valence-corrected chi connectivity index (χ4v) is 0.639. The zero-order valence-electron chi connectivity index (χ0n) is 6.31. The Balaban J connectivity index is 2.82. The van der Waals surface area contributed by atoms with E-state index in [4.69, 9.17) is 0 Å². The third-order valence-electron chi connectivity index (χ3n) is 1.15. The second-order valence-corrected chi connectivity index (χ2v) is 2.02. The Morgan fingerprint density at radius 3 is 2.78 bits per heavy atom. The van der Waals surface area contributed by atoms with Gasteiger partial charge in [0.1, 0.15) is 0 Å². The SMILES string of the molecule is CCCCC/C=[C]\OC. The Kier molecular flexibility index (Phi) is 7.15. The van der Waals surface area contributed by atoms with Crippen LogP contribution in [0.1, 0.15) is 32.6 Å². The average molecular weight is 127 g/mol. The van der Waals surface area contributed by atoms with Crippen molar-refractivity contribution in [1.82, 2.24) is 0 Å². The summed E-state index contributed by atoms with van der Waals surface area (Å²) in [5.41, 5.74) is 0. The normalized spacial score (nSPS) is 10.4. The Hall–Kier alpha value is -0.460. The predicted molar refractivity (Wildman–Crippen MR) is 39.0 cm³/mol. The molecule has 0 atom stereocenters. The summed E-state index contributed by atoms with van der Waals surface area (Å²) in [6.45, 7) is 2.20. The fourth-order valence-electron chi connectivity index (χ4n) is 0.639. The zero-order chi connectivity index (χ0) is 6.95. The molecule has 0 aliphatic rings. The highest BCUT2D eigenvalue weighted by molar-refractivity contribution is 4.65. The topological polar surface area (TPSA) is 9.23 Å². The maximum atomic E-state index is 4.62. The van der Waals surface area contributed by atoms with Crippen molar-refractivity contribution < 1.29 is 4.74 Å². The van der Waals surface area contributed by atoms with Gasteiger partial charge in [0.2, 0.25) is 0 Å². The van der Waals surface area contributed by atoms with Crippen molar-refractivity contribution in [3.05, 3.63) is 12.3 Å². The van der Waals surface area contributed by atoms with Gasteiger partial charge >= 0.3 is 0 Å². The van der Waals surface area contributed by atoms with Crippen LogP contribution in [0.2, 0.25) is 0 Å². The summed E-state index contributed by atoms with van der Waals surface area (Å²) in [4.78, 5) is 0. The van der Waals surface area contributed by atoms with Crippen LogP contribution in [0.4, 0.5) is 0 Å². The highest BCUT2D eigenvalue weighted by Gasteiger charge is 1.80. The third kappa shape index (κ3) is 7.54. The summed E-state index contributed by atoms with van der Waals surface area (Å²) in [6.07, 6.45) is 9.56. The van der Waals surface area contributed by atoms with E-state index < -0.39 is 0 Å². The molecule has 0 saturated carbocycles. The van der Waals surface area contributed by atoms with E-state index in [1.165, 1.54) is 19.3 Å². The summed E-state index contributed by atoms with van der Waals surface area (Å²) < 4.78 is 4.62. The number of rotatable bonds is 5. The molecule has 0 bridgehead atoms. The smallest absolute Gasteiger partial charge is 0.156 e. The molecule has 1 heteroatoms. The van der Waals surface area contributed by atoms with Gasteiger partial charge in [-0.3, -0.25) is 0 Å². The van der Waals surface area contributed by atoms with E-state index in [1.54, 1.807) is 7.11 Å². The molecule has 0 aromatic rings. The van der Waals surface area contributed by atoms with Crippen molar-refractivity contribution in [2.75, 3.05) is 7.11 Å². The average Bonchev–Trinajstić information content (AvgIpc) is 1.89. The maximum Gasteiger partial charge on any atom is 0.156 e. The van der Waals surface area contributed by atoms with Crippen LogP contribution in [0, 0.1) is 6.26 Å². The number of methoxy groups -OCH3 is 1. The first-order chi connectivity index (χ1) is 4.41. The Bertz CT molecular complexity index is 67.0. The van der Waals surface area contributed by atoms with E-state index in [9.17, 15) is 0 Å². The van der Waals surface area contributed by atoms with E-state index in [0.717, 1.165) is 6.42 Å². The first kappa shape index (κ1) is 8.54. The van der Waals surface area contributed by atoms with E-state index in [1.807, 2.05) is 6.08 Å². The Labute approximate surface area is 57.7 Å². The van der Waals surface area contributed by atoms with Gasteiger partial charge in [0, 0.05) is 0 Å². The van der Waals surface area contributed by atoms with Crippen LogP contribution < -0.4 is 0 Å². The molecule has 0 aliphatic carbocycles. The fraction of sp³-hybridized carbons (Fsp3) is 0.750. The molecule has 0 aliphatic heterocycles. The van der Waals surface area contributed by atoms with Crippen molar-refractivity contribution in [3.8, 4) is 0 Å². The molecule has 53 valence electrons. The van der Waals surface area contributed by atoms with Crippen LogP contribution in [-0.4, -0.2) is 7.11 Å². The Morgan fingerprint density at radius 1 is 1.44 bits per heavy atom. The molecule has 0 rings (SSSR count). The van der Waals surface area contributed by atoms with Gasteiger partial charge in [-0.1, -0.05) is 19.8 Å². The second kappa shape index (κ2) is 7.54. The number of hydrogen-bond acceptors (Lipinski definition) is 1. The van der Waals surface area contributed by atoms with Crippen molar-refractivity contribution in [3.63, 3.8) is 0 Å². The van der Waals surface area contributed by atoms with Gasteiger partial charge < -0.3 is 4.74 Å². The van der Waals surface area contributed by atoms with Crippen LogP contribution in [0.15, 0.2) is 6.08 Å². The summed E-state index contributed by atoms with van der Waals surface area (Å²) in [5.74, 6) is 0. The van der Waals surface area contributed by atoms with Crippen LogP contribution in [0.3, 0.4) is 0 Å². The van der Waals surface area contributed by atoms with Crippen molar-refractivity contribution in [1.29, 1.82) is 0 Å². The molecule has 0 aromatic carbocycles. The third-order valence-corrected chi connectivity index (χ3v) is 1.15. The first-order valence-electron chi connectivity index (χ1n) is 3.52. The minimum atomic E-state index is 1.10. The second-order valence-electron chi connectivity index (χ2n) is 2.02.